The molecular weight excluding hydrogens is 466 g/mol. The highest BCUT2D eigenvalue weighted by Gasteiger charge is 2.26. The molecule has 1 unspecified atom stereocenters. The summed E-state index contributed by atoms with van der Waals surface area (Å²) in [5.41, 5.74) is 5.71. The van der Waals surface area contributed by atoms with Gasteiger partial charge in [0, 0.05) is 17.3 Å². The second kappa shape index (κ2) is 10.2. The molecule has 0 radical (unpaired) electrons. The summed E-state index contributed by atoms with van der Waals surface area (Å²) in [6.07, 6.45) is -1.27. The summed E-state index contributed by atoms with van der Waals surface area (Å²) >= 11 is 8.00. The standard InChI is InChI=1S/C18H14ClN5O5S2/c19-12-7-6-11(8-13(12)24(27)28)21-16(26)15(10-4-2-1-3-5-10)29-14(25)9-30-18-23-22-17(20)31-18/h1-8,15H,9H2,(H2,20,22)(H,21,26). The van der Waals surface area contributed by atoms with Gasteiger partial charge in [0.25, 0.3) is 11.6 Å². The van der Waals surface area contributed by atoms with Crippen LogP contribution in [0.5, 0.6) is 0 Å². The first-order valence-electron chi connectivity index (χ1n) is 8.54. The summed E-state index contributed by atoms with van der Waals surface area (Å²) in [4.78, 5) is 35.6. The number of nitrogens with two attached hydrogens (primary N) is 1. The number of amides is 1. The maximum atomic E-state index is 12.9. The third-order valence-electron chi connectivity index (χ3n) is 3.74. The van der Waals surface area contributed by atoms with E-state index in [1.165, 1.54) is 12.1 Å². The van der Waals surface area contributed by atoms with Crippen LogP contribution in [0.15, 0.2) is 52.9 Å². The Morgan fingerprint density at radius 2 is 2.00 bits per heavy atom. The monoisotopic (exact) mass is 479 g/mol. The zero-order valence-corrected chi connectivity index (χ0v) is 17.9. The van der Waals surface area contributed by atoms with Crippen molar-refractivity contribution in [2.75, 3.05) is 16.8 Å². The lowest BCUT2D eigenvalue weighted by Gasteiger charge is -2.18. The van der Waals surface area contributed by atoms with Crippen LogP contribution in [0.25, 0.3) is 0 Å². The Morgan fingerprint density at radius 1 is 1.26 bits per heavy atom. The van der Waals surface area contributed by atoms with Crippen LogP contribution in [0.4, 0.5) is 16.5 Å². The molecule has 0 bridgehead atoms. The van der Waals surface area contributed by atoms with Crippen LogP contribution < -0.4 is 11.1 Å². The number of ether oxygens (including phenoxy) is 1. The first-order chi connectivity index (χ1) is 14.8. The lowest BCUT2D eigenvalue weighted by Crippen LogP contribution is -2.26. The predicted octanol–water partition coefficient (Wildman–Crippen LogP) is 3.70. The second-order valence-electron chi connectivity index (χ2n) is 5.89. The van der Waals surface area contributed by atoms with Crippen molar-refractivity contribution in [1.29, 1.82) is 0 Å². The molecule has 13 heteroatoms. The molecule has 0 aliphatic heterocycles. The number of nitrogen functional groups attached to an aromatic ring is 1. The molecule has 3 aromatic rings. The summed E-state index contributed by atoms with van der Waals surface area (Å²) < 4.78 is 5.88. The number of benzene rings is 2. The summed E-state index contributed by atoms with van der Waals surface area (Å²) in [7, 11) is 0. The number of carbonyl (C=O) groups is 2. The molecule has 1 amide bonds. The first-order valence-corrected chi connectivity index (χ1v) is 10.7. The topological polar surface area (TPSA) is 150 Å². The van der Waals surface area contributed by atoms with Crippen LogP contribution >= 0.6 is 34.7 Å². The Bertz CT molecular complexity index is 1110. The first kappa shape index (κ1) is 22.5. The quantitative estimate of drug-likeness (QED) is 0.213. The number of aromatic nitrogens is 2. The third kappa shape index (κ3) is 6.13. The number of hydrogen-bond acceptors (Lipinski definition) is 10. The Balaban J connectivity index is 1.74. The van der Waals surface area contributed by atoms with Gasteiger partial charge in [-0.25, -0.2) is 0 Å². The van der Waals surface area contributed by atoms with Gasteiger partial charge < -0.3 is 15.8 Å². The van der Waals surface area contributed by atoms with Crippen molar-refractivity contribution in [3.8, 4) is 0 Å². The molecule has 1 aromatic heterocycles. The largest absolute Gasteiger partial charge is 0.447 e. The minimum atomic E-state index is -1.27. The normalized spacial score (nSPS) is 11.5. The summed E-state index contributed by atoms with van der Waals surface area (Å²) in [6, 6.07) is 12.2. The molecular formula is C18H14ClN5O5S2. The Hall–Kier alpha value is -3.22. The fraction of sp³-hybridized carbons (Fsp3) is 0.111. The maximum Gasteiger partial charge on any atom is 0.317 e. The lowest BCUT2D eigenvalue weighted by molar-refractivity contribution is -0.384. The van der Waals surface area contributed by atoms with Crippen molar-refractivity contribution in [2.45, 2.75) is 10.4 Å². The number of thioether (sulfide) groups is 1. The van der Waals surface area contributed by atoms with Crippen LogP contribution in [0, 0.1) is 10.1 Å². The fourth-order valence-electron chi connectivity index (χ4n) is 2.40. The molecule has 1 heterocycles. The van der Waals surface area contributed by atoms with Gasteiger partial charge in [-0.05, 0) is 12.1 Å². The number of nitrogens with one attached hydrogen (secondary N) is 1. The molecule has 10 nitrogen and oxygen atoms in total. The molecule has 160 valence electrons. The minimum absolute atomic E-state index is 0.0663. The molecule has 31 heavy (non-hydrogen) atoms. The van der Waals surface area contributed by atoms with Crippen molar-refractivity contribution in [2.24, 2.45) is 0 Å². The van der Waals surface area contributed by atoms with Gasteiger partial charge in [-0.1, -0.05) is 65.0 Å². The number of hydrogen-bond donors (Lipinski definition) is 2. The van der Waals surface area contributed by atoms with Gasteiger partial charge in [0.2, 0.25) is 11.2 Å². The number of carbonyl (C=O) groups excluding carboxylic acids is 2. The van der Waals surface area contributed by atoms with E-state index in [2.05, 4.69) is 15.5 Å². The van der Waals surface area contributed by atoms with Crippen molar-refractivity contribution in [3.63, 3.8) is 0 Å². The molecule has 3 rings (SSSR count). The van der Waals surface area contributed by atoms with Crippen molar-refractivity contribution >= 4 is 63.1 Å². The van der Waals surface area contributed by atoms with E-state index in [1.807, 2.05) is 0 Å². The predicted molar refractivity (Wildman–Crippen MR) is 117 cm³/mol. The van der Waals surface area contributed by atoms with E-state index in [4.69, 9.17) is 22.1 Å². The molecule has 1 atom stereocenters. The average molecular weight is 480 g/mol. The highest BCUT2D eigenvalue weighted by Crippen LogP contribution is 2.29. The zero-order valence-electron chi connectivity index (χ0n) is 15.6. The molecule has 0 spiro atoms. The van der Waals surface area contributed by atoms with Crippen molar-refractivity contribution < 1.29 is 19.2 Å². The minimum Gasteiger partial charge on any atom is -0.447 e. The highest BCUT2D eigenvalue weighted by molar-refractivity contribution is 8.01. The molecule has 2 aromatic carbocycles. The Labute approximate surface area is 188 Å². The smallest absolute Gasteiger partial charge is 0.317 e. The van der Waals surface area contributed by atoms with Gasteiger partial charge >= 0.3 is 5.97 Å². The van der Waals surface area contributed by atoms with Crippen molar-refractivity contribution in [1.82, 2.24) is 10.2 Å². The summed E-state index contributed by atoms with van der Waals surface area (Å²) in [6.45, 7) is 0. The van der Waals surface area contributed by atoms with Gasteiger partial charge in [0.05, 0.1) is 10.7 Å². The number of rotatable bonds is 8. The highest BCUT2D eigenvalue weighted by atomic mass is 35.5. The molecule has 0 aliphatic carbocycles. The number of nitrogens with zero attached hydrogens (tertiary/aromatic N) is 3. The Morgan fingerprint density at radius 3 is 2.65 bits per heavy atom. The molecule has 0 aliphatic rings. The third-order valence-corrected chi connectivity index (χ3v) is 5.91. The number of esters is 1. The fourth-order valence-corrected chi connectivity index (χ4v) is 4.01. The zero-order chi connectivity index (χ0) is 22.4. The molecule has 0 fully saturated rings. The molecule has 0 saturated heterocycles. The maximum absolute atomic E-state index is 12.9. The van der Waals surface area contributed by atoms with E-state index in [9.17, 15) is 19.7 Å². The van der Waals surface area contributed by atoms with Crippen LogP contribution in [0.1, 0.15) is 11.7 Å². The van der Waals surface area contributed by atoms with E-state index in [0.29, 0.717) is 9.90 Å². The molecule has 3 N–H and O–H groups in total. The SMILES string of the molecule is Nc1nnc(SCC(=O)OC(C(=O)Nc2ccc(Cl)c([N+](=O)[O-])c2)c2ccccc2)s1. The van der Waals surface area contributed by atoms with Gasteiger partial charge in [0.1, 0.15) is 5.02 Å². The van der Waals surface area contributed by atoms with E-state index in [-0.39, 0.29) is 27.3 Å². The number of anilines is 2. The number of nitro groups is 1. The number of nitro benzene ring substituents is 1. The van der Waals surface area contributed by atoms with Crippen LogP contribution in [-0.2, 0) is 14.3 Å². The van der Waals surface area contributed by atoms with Gasteiger partial charge in [-0.2, -0.15) is 0 Å². The van der Waals surface area contributed by atoms with Gasteiger partial charge in [-0.3, -0.25) is 19.7 Å². The van der Waals surface area contributed by atoms with Gasteiger partial charge in [0.15, 0.2) is 4.34 Å². The Kier molecular flexibility index (Phi) is 7.39. The second-order valence-corrected chi connectivity index (χ2v) is 8.53. The van der Waals surface area contributed by atoms with E-state index in [0.717, 1.165) is 29.2 Å². The van der Waals surface area contributed by atoms with E-state index >= 15 is 0 Å². The van der Waals surface area contributed by atoms with E-state index in [1.54, 1.807) is 30.3 Å². The van der Waals surface area contributed by atoms with Gasteiger partial charge in [-0.15, -0.1) is 10.2 Å². The summed E-state index contributed by atoms with van der Waals surface area (Å²) in [5, 5.41) is 21.3. The molecule has 0 saturated carbocycles. The number of halogens is 1. The van der Waals surface area contributed by atoms with Crippen LogP contribution in [-0.4, -0.2) is 32.8 Å². The van der Waals surface area contributed by atoms with Crippen LogP contribution in [0.2, 0.25) is 5.02 Å². The lowest BCUT2D eigenvalue weighted by atomic mass is 10.1. The average Bonchev–Trinajstić information content (AvgIpc) is 3.17. The summed E-state index contributed by atoms with van der Waals surface area (Å²) in [5.74, 6) is -1.45. The van der Waals surface area contributed by atoms with Crippen molar-refractivity contribution in [3.05, 3.63) is 69.2 Å². The van der Waals surface area contributed by atoms with E-state index < -0.39 is 22.9 Å². The van der Waals surface area contributed by atoms with Crippen LogP contribution in [0.3, 0.4) is 0 Å².